The van der Waals surface area contributed by atoms with Gasteiger partial charge in [-0.15, -0.1) is 35.3 Å². The molecule has 0 aliphatic rings. The molecule has 0 saturated carbocycles. The number of aromatic nitrogens is 1. The molecular formula is C16H23IN4OS. The number of hydrogen-bond acceptors (Lipinski definition) is 4. The van der Waals surface area contributed by atoms with Gasteiger partial charge in [0.25, 0.3) is 0 Å². The first-order chi connectivity index (χ1) is 10.7. The maximum absolute atomic E-state index is 5.22. The van der Waals surface area contributed by atoms with Gasteiger partial charge in [-0.3, -0.25) is 4.99 Å². The second-order valence-electron chi connectivity index (χ2n) is 4.82. The Labute approximate surface area is 158 Å². The molecule has 0 atom stereocenters. The van der Waals surface area contributed by atoms with Gasteiger partial charge in [-0.2, -0.15) is 0 Å². The summed E-state index contributed by atoms with van der Waals surface area (Å²) in [5.74, 6) is 1.65. The molecule has 0 spiro atoms. The number of benzene rings is 1. The Balaban J connectivity index is 0.00000264. The minimum Gasteiger partial charge on any atom is -0.497 e. The molecule has 0 unspecified atom stereocenters. The van der Waals surface area contributed by atoms with Gasteiger partial charge in [0, 0.05) is 37.6 Å². The van der Waals surface area contributed by atoms with Crippen molar-refractivity contribution in [3.8, 4) is 5.75 Å². The normalized spacial score (nSPS) is 10.8. The van der Waals surface area contributed by atoms with Crippen molar-refractivity contribution < 1.29 is 4.74 Å². The summed E-state index contributed by atoms with van der Waals surface area (Å²) in [5, 5.41) is 7.74. The molecule has 1 aromatic carbocycles. The highest BCUT2D eigenvalue weighted by atomic mass is 127. The van der Waals surface area contributed by atoms with Gasteiger partial charge in [0.15, 0.2) is 5.96 Å². The minimum absolute atomic E-state index is 0. The number of ether oxygens (including phenoxy) is 1. The van der Waals surface area contributed by atoms with Gasteiger partial charge in [0.1, 0.15) is 5.75 Å². The summed E-state index contributed by atoms with van der Waals surface area (Å²) in [4.78, 5) is 9.83. The lowest BCUT2D eigenvalue weighted by Crippen LogP contribution is -2.37. The number of rotatable bonds is 6. The Hall–Kier alpha value is -1.35. The number of thiazole rings is 1. The monoisotopic (exact) mass is 446 g/mol. The number of guanidine groups is 1. The molecule has 2 rings (SSSR count). The lowest BCUT2D eigenvalue weighted by Gasteiger charge is -2.12. The molecule has 1 aromatic heterocycles. The second kappa shape index (κ2) is 10.4. The number of aryl methyl sites for hydroxylation is 1. The lowest BCUT2D eigenvalue weighted by atomic mass is 10.2. The fraction of sp³-hybridized carbons (Fsp3) is 0.375. The first kappa shape index (κ1) is 19.7. The quantitative estimate of drug-likeness (QED) is 0.407. The molecule has 2 N–H and O–H groups in total. The van der Waals surface area contributed by atoms with Crippen molar-refractivity contribution in [2.75, 3.05) is 20.7 Å². The van der Waals surface area contributed by atoms with E-state index in [2.05, 4.69) is 33.6 Å². The molecule has 0 amide bonds. The first-order valence-corrected chi connectivity index (χ1v) is 8.01. The fourth-order valence-corrected chi connectivity index (χ4v) is 2.78. The Morgan fingerprint density at radius 1 is 1.35 bits per heavy atom. The Bertz CT molecular complexity index is 630. The third-order valence-corrected chi connectivity index (χ3v) is 4.09. The van der Waals surface area contributed by atoms with E-state index in [1.165, 1.54) is 4.88 Å². The van der Waals surface area contributed by atoms with Crippen molar-refractivity contribution in [3.05, 3.63) is 45.9 Å². The van der Waals surface area contributed by atoms with Crippen molar-refractivity contribution in [1.29, 1.82) is 0 Å². The standard InChI is InChI=1S/C16H22N4OS.HI/c1-12-10-19-15(22-12)7-8-18-16(17-2)20-11-13-5-4-6-14(9-13)21-3;/h4-6,9-10H,7-8,11H2,1-3H3,(H2,17,18,20);1H. The van der Waals surface area contributed by atoms with Crippen LogP contribution in [0, 0.1) is 6.92 Å². The van der Waals surface area contributed by atoms with Crippen molar-refractivity contribution >= 4 is 41.3 Å². The van der Waals surface area contributed by atoms with Crippen LogP contribution in [0.3, 0.4) is 0 Å². The maximum Gasteiger partial charge on any atom is 0.191 e. The molecule has 23 heavy (non-hydrogen) atoms. The zero-order chi connectivity index (χ0) is 15.8. The van der Waals surface area contributed by atoms with E-state index >= 15 is 0 Å². The van der Waals surface area contributed by atoms with Gasteiger partial charge in [-0.05, 0) is 24.6 Å². The van der Waals surface area contributed by atoms with Crippen molar-refractivity contribution in [2.45, 2.75) is 19.9 Å². The van der Waals surface area contributed by atoms with E-state index in [1.807, 2.05) is 24.4 Å². The van der Waals surface area contributed by atoms with Gasteiger partial charge in [-0.25, -0.2) is 4.98 Å². The molecule has 5 nitrogen and oxygen atoms in total. The number of hydrogen-bond donors (Lipinski definition) is 2. The summed E-state index contributed by atoms with van der Waals surface area (Å²) >= 11 is 1.74. The summed E-state index contributed by atoms with van der Waals surface area (Å²) < 4.78 is 5.22. The Morgan fingerprint density at radius 2 is 2.17 bits per heavy atom. The third kappa shape index (κ3) is 6.74. The molecule has 0 aliphatic heterocycles. The predicted molar refractivity (Wildman–Crippen MR) is 107 cm³/mol. The smallest absolute Gasteiger partial charge is 0.191 e. The highest BCUT2D eigenvalue weighted by Crippen LogP contribution is 2.12. The summed E-state index contributed by atoms with van der Waals surface area (Å²) in [7, 11) is 3.45. The lowest BCUT2D eigenvalue weighted by molar-refractivity contribution is 0.414. The Morgan fingerprint density at radius 3 is 2.83 bits per heavy atom. The molecule has 0 saturated heterocycles. The molecule has 0 bridgehead atoms. The highest BCUT2D eigenvalue weighted by molar-refractivity contribution is 14.0. The summed E-state index contributed by atoms with van der Waals surface area (Å²) in [5.41, 5.74) is 1.15. The second-order valence-corrected chi connectivity index (χ2v) is 6.14. The van der Waals surface area contributed by atoms with Gasteiger partial charge in [-0.1, -0.05) is 12.1 Å². The van der Waals surface area contributed by atoms with Crippen LogP contribution in [0.2, 0.25) is 0 Å². The molecular weight excluding hydrogens is 423 g/mol. The molecule has 0 aliphatic carbocycles. The highest BCUT2D eigenvalue weighted by Gasteiger charge is 2.02. The van der Waals surface area contributed by atoms with Crippen LogP contribution in [0.4, 0.5) is 0 Å². The number of nitrogens with one attached hydrogen (secondary N) is 2. The van der Waals surface area contributed by atoms with Crippen LogP contribution < -0.4 is 15.4 Å². The number of nitrogens with zero attached hydrogens (tertiary/aromatic N) is 2. The Kier molecular flexibility index (Phi) is 8.93. The van der Waals surface area contributed by atoms with E-state index in [-0.39, 0.29) is 24.0 Å². The molecule has 7 heteroatoms. The summed E-state index contributed by atoms with van der Waals surface area (Å²) in [6.07, 6.45) is 2.81. The fourth-order valence-electron chi connectivity index (χ4n) is 1.99. The van der Waals surface area contributed by atoms with E-state index in [1.54, 1.807) is 25.5 Å². The van der Waals surface area contributed by atoms with Gasteiger partial charge >= 0.3 is 0 Å². The zero-order valence-corrected chi connectivity index (χ0v) is 16.8. The van der Waals surface area contributed by atoms with E-state index in [9.17, 15) is 0 Å². The van der Waals surface area contributed by atoms with Gasteiger partial charge in [0.2, 0.25) is 0 Å². The molecule has 0 radical (unpaired) electrons. The zero-order valence-electron chi connectivity index (χ0n) is 13.6. The van der Waals surface area contributed by atoms with Crippen molar-refractivity contribution in [2.24, 2.45) is 4.99 Å². The van der Waals surface area contributed by atoms with Crippen LogP contribution in [-0.4, -0.2) is 31.6 Å². The SMILES string of the molecule is CN=C(NCCc1ncc(C)s1)NCc1cccc(OC)c1.I. The molecule has 2 aromatic rings. The van der Waals surface area contributed by atoms with Crippen LogP contribution in [0.25, 0.3) is 0 Å². The van der Waals surface area contributed by atoms with Crippen LogP contribution in [0.1, 0.15) is 15.4 Å². The summed E-state index contributed by atoms with van der Waals surface area (Å²) in [6, 6.07) is 7.99. The molecule has 0 fully saturated rings. The minimum atomic E-state index is 0. The number of halogens is 1. The first-order valence-electron chi connectivity index (χ1n) is 7.20. The third-order valence-electron chi connectivity index (χ3n) is 3.12. The van der Waals surface area contributed by atoms with Crippen LogP contribution in [-0.2, 0) is 13.0 Å². The number of aliphatic imine (C=N–C) groups is 1. The molecule has 126 valence electrons. The average molecular weight is 446 g/mol. The topological polar surface area (TPSA) is 58.5 Å². The van der Waals surface area contributed by atoms with Crippen molar-refractivity contribution in [3.63, 3.8) is 0 Å². The van der Waals surface area contributed by atoms with E-state index < -0.39 is 0 Å². The van der Waals surface area contributed by atoms with E-state index in [0.29, 0.717) is 6.54 Å². The maximum atomic E-state index is 5.22. The molecule has 1 heterocycles. The number of methoxy groups -OCH3 is 1. The largest absolute Gasteiger partial charge is 0.497 e. The van der Waals surface area contributed by atoms with Crippen LogP contribution >= 0.6 is 35.3 Å². The van der Waals surface area contributed by atoms with Crippen LogP contribution in [0.5, 0.6) is 5.75 Å². The summed E-state index contributed by atoms with van der Waals surface area (Å²) in [6.45, 7) is 3.58. The van der Waals surface area contributed by atoms with Crippen LogP contribution in [0.15, 0.2) is 35.5 Å². The van der Waals surface area contributed by atoms with E-state index in [4.69, 9.17) is 4.74 Å². The van der Waals surface area contributed by atoms with Crippen molar-refractivity contribution in [1.82, 2.24) is 15.6 Å². The average Bonchev–Trinajstić information content (AvgIpc) is 2.96. The predicted octanol–water partition coefficient (Wildman–Crippen LogP) is 2.99. The van der Waals surface area contributed by atoms with Gasteiger partial charge in [0.05, 0.1) is 12.1 Å². The van der Waals surface area contributed by atoms with Gasteiger partial charge < -0.3 is 15.4 Å². The van der Waals surface area contributed by atoms with E-state index in [0.717, 1.165) is 35.2 Å².